The van der Waals surface area contributed by atoms with Crippen LogP contribution in [0.1, 0.15) is 23.0 Å². The molecule has 0 unspecified atom stereocenters. The molecule has 0 spiro atoms. The highest BCUT2D eigenvalue weighted by Gasteiger charge is 2.13. The zero-order chi connectivity index (χ0) is 19.5. The first-order valence-corrected chi connectivity index (χ1v) is 9.49. The summed E-state index contributed by atoms with van der Waals surface area (Å²) in [5.74, 6) is -0.147. The average Bonchev–Trinajstić information content (AvgIpc) is 3.18. The van der Waals surface area contributed by atoms with Gasteiger partial charge in [-0.25, -0.2) is 9.37 Å². The van der Waals surface area contributed by atoms with Crippen LogP contribution in [0, 0.1) is 5.82 Å². The third-order valence-corrected chi connectivity index (χ3v) is 5.17. The molecule has 4 rings (SSSR count). The van der Waals surface area contributed by atoms with Gasteiger partial charge in [0.1, 0.15) is 17.2 Å². The number of hydrogen-bond donors (Lipinski definition) is 1. The molecule has 8 heteroatoms. The van der Waals surface area contributed by atoms with Crippen LogP contribution in [0.4, 0.5) is 10.1 Å². The van der Waals surface area contributed by atoms with Gasteiger partial charge in [-0.05, 0) is 48.9 Å². The van der Waals surface area contributed by atoms with Gasteiger partial charge in [0.2, 0.25) is 0 Å². The van der Waals surface area contributed by atoms with E-state index in [1.165, 1.54) is 42.4 Å². The normalized spacial score (nSPS) is 10.9. The first-order valence-electron chi connectivity index (χ1n) is 8.67. The number of nitrogens with one attached hydrogen (secondary N) is 1. The molecule has 0 bridgehead atoms. The van der Waals surface area contributed by atoms with Crippen molar-refractivity contribution in [3.05, 3.63) is 78.0 Å². The van der Waals surface area contributed by atoms with Crippen LogP contribution in [0.15, 0.2) is 70.8 Å². The van der Waals surface area contributed by atoms with Gasteiger partial charge >= 0.3 is 0 Å². The lowest BCUT2D eigenvalue weighted by Gasteiger charge is -2.12. The summed E-state index contributed by atoms with van der Waals surface area (Å²) in [7, 11) is 0. The van der Waals surface area contributed by atoms with Crippen molar-refractivity contribution in [2.45, 2.75) is 23.3 Å². The first kappa shape index (κ1) is 18.1. The van der Waals surface area contributed by atoms with Crippen molar-refractivity contribution in [3.63, 3.8) is 0 Å². The van der Waals surface area contributed by atoms with Crippen molar-refractivity contribution < 1.29 is 9.18 Å². The second kappa shape index (κ2) is 7.77. The van der Waals surface area contributed by atoms with Crippen molar-refractivity contribution >= 4 is 29.1 Å². The molecular weight excluding hydrogens is 377 g/mol. The van der Waals surface area contributed by atoms with Crippen LogP contribution in [0.3, 0.4) is 0 Å². The van der Waals surface area contributed by atoms with Gasteiger partial charge in [-0.15, -0.1) is 0 Å². The quantitative estimate of drug-likeness (QED) is 0.514. The predicted octanol–water partition coefficient (Wildman–Crippen LogP) is 4.23. The van der Waals surface area contributed by atoms with E-state index in [1.807, 2.05) is 37.3 Å². The van der Waals surface area contributed by atoms with Gasteiger partial charge in [0.15, 0.2) is 0 Å². The summed E-state index contributed by atoms with van der Waals surface area (Å²) in [6, 6.07) is 14.9. The largest absolute Gasteiger partial charge is 0.321 e. The number of para-hydroxylation sites is 1. The second-order valence-corrected chi connectivity index (χ2v) is 7.03. The monoisotopic (exact) mass is 393 g/mol. The highest BCUT2D eigenvalue weighted by atomic mass is 32.2. The fourth-order valence-corrected chi connectivity index (χ4v) is 3.66. The number of aryl methyl sites for hydroxylation is 1. The number of carbonyl (C=O) groups excluding carboxylic acids is 1. The highest BCUT2D eigenvalue weighted by molar-refractivity contribution is 7.99. The molecule has 2 heterocycles. The Balaban J connectivity index is 1.64. The standard InChI is InChI=1S/C20H16FN5OS/c1-2-15-11-18(26-20(24-15)22-12-23-26)28-17-6-4-3-5-16(17)25-19(27)13-7-9-14(21)10-8-13/h3-12H,2H2,1H3,(H,25,27). The van der Waals surface area contributed by atoms with Crippen LogP contribution < -0.4 is 5.32 Å². The molecule has 2 aromatic carbocycles. The van der Waals surface area contributed by atoms with E-state index < -0.39 is 0 Å². The molecule has 0 radical (unpaired) electrons. The number of halogens is 1. The topological polar surface area (TPSA) is 72.2 Å². The number of hydrogen-bond acceptors (Lipinski definition) is 5. The van der Waals surface area contributed by atoms with Crippen LogP contribution in [-0.4, -0.2) is 25.5 Å². The summed E-state index contributed by atoms with van der Waals surface area (Å²) in [6.07, 6.45) is 2.24. The number of benzene rings is 2. The van der Waals surface area contributed by atoms with Gasteiger partial charge in [0, 0.05) is 16.2 Å². The Morgan fingerprint density at radius 1 is 1.18 bits per heavy atom. The number of aromatic nitrogens is 4. The maximum absolute atomic E-state index is 13.1. The van der Waals surface area contributed by atoms with Gasteiger partial charge < -0.3 is 5.32 Å². The van der Waals surface area contributed by atoms with Crippen LogP contribution in [-0.2, 0) is 6.42 Å². The van der Waals surface area contributed by atoms with Crippen molar-refractivity contribution in [3.8, 4) is 0 Å². The number of rotatable bonds is 5. The highest BCUT2D eigenvalue weighted by Crippen LogP contribution is 2.33. The lowest BCUT2D eigenvalue weighted by atomic mass is 10.2. The molecular formula is C20H16FN5OS. The number of anilines is 1. The van der Waals surface area contributed by atoms with Crippen LogP contribution in [0.2, 0.25) is 0 Å². The Labute approximate surface area is 164 Å². The molecule has 140 valence electrons. The maximum atomic E-state index is 13.1. The van der Waals surface area contributed by atoms with E-state index in [2.05, 4.69) is 20.4 Å². The van der Waals surface area contributed by atoms with E-state index in [-0.39, 0.29) is 11.7 Å². The number of fused-ring (bicyclic) bond motifs is 1. The summed E-state index contributed by atoms with van der Waals surface area (Å²) in [4.78, 5) is 22.0. The van der Waals surface area contributed by atoms with Crippen molar-refractivity contribution in [1.82, 2.24) is 19.6 Å². The average molecular weight is 393 g/mol. The van der Waals surface area contributed by atoms with E-state index >= 15 is 0 Å². The third kappa shape index (κ3) is 3.72. The van der Waals surface area contributed by atoms with E-state index in [1.54, 1.807) is 4.52 Å². The van der Waals surface area contributed by atoms with Gasteiger partial charge in [0.05, 0.1) is 5.69 Å². The number of amides is 1. The SMILES string of the molecule is CCc1cc(Sc2ccccc2NC(=O)c2ccc(F)cc2)n2ncnc2n1. The molecule has 0 aliphatic rings. The maximum Gasteiger partial charge on any atom is 0.255 e. The van der Waals surface area contributed by atoms with E-state index in [0.29, 0.717) is 17.0 Å². The Hall–Kier alpha value is -3.26. The number of carbonyl (C=O) groups is 1. The molecule has 6 nitrogen and oxygen atoms in total. The fraction of sp³-hybridized carbons (Fsp3) is 0.100. The summed E-state index contributed by atoms with van der Waals surface area (Å²) >= 11 is 1.46. The predicted molar refractivity (Wildman–Crippen MR) is 105 cm³/mol. The molecule has 1 N–H and O–H groups in total. The molecule has 0 aliphatic carbocycles. The summed E-state index contributed by atoms with van der Waals surface area (Å²) in [6.45, 7) is 2.03. The molecule has 0 fully saturated rings. The van der Waals surface area contributed by atoms with Crippen molar-refractivity contribution in [2.24, 2.45) is 0 Å². The van der Waals surface area contributed by atoms with Gasteiger partial charge in [-0.2, -0.15) is 14.6 Å². The minimum atomic E-state index is -0.381. The number of nitrogens with zero attached hydrogens (tertiary/aromatic N) is 4. The van der Waals surface area contributed by atoms with Gasteiger partial charge in [0.25, 0.3) is 11.7 Å². The van der Waals surface area contributed by atoms with Crippen LogP contribution in [0.5, 0.6) is 0 Å². The van der Waals surface area contributed by atoms with Crippen LogP contribution in [0.25, 0.3) is 5.78 Å². The van der Waals surface area contributed by atoms with Crippen molar-refractivity contribution in [2.75, 3.05) is 5.32 Å². The fourth-order valence-electron chi connectivity index (χ4n) is 2.65. The van der Waals surface area contributed by atoms with Crippen molar-refractivity contribution in [1.29, 1.82) is 0 Å². The Bertz CT molecular complexity index is 1140. The summed E-state index contributed by atoms with van der Waals surface area (Å²) in [5, 5.41) is 7.98. The molecule has 4 aromatic rings. The molecule has 0 saturated carbocycles. The van der Waals surface area contributed by atoms with E-state index in [9.17, 15) is 9.18 Å². The molecule has 0 saturated heterocycles. The van der Waals surface area contributed by atoms with Gasteiger partial charge in [-0.3, -0.25) is 4.79 Å². The summed E-state index contributed by atoms with van der Waals surface area (Å²) < 4.78 is 14.8. The Morgan fingerprint density at radius 2 is 1.96 bits per heavy atom. The van der Waals surface area contributed by atoms with Gasteiger partial charge in [-0.1, -0.05) is 30.8 Å². The zero-order valence-corrected chi connectivity index (χ0v) is 15.8. The molecule has 2 aromatic heterocycles. The minimum absolute atomic E-state index is 0.303. The zero-order valence-electron chi connectivity index (χ0n) is 15.0. The Morgan fingerprint density at radius 3 is 2.75 bits per heavy atom. The molecule has 0 atom stereocenters. The lowest BCUT2D eigenvalue weighted by molar-refractivity contribution is 0.102. The second-order valence-electron chi connectivity index (χ2n) is 5.97. The summed E-state index contributed by atoms with van der Waals surface area (Å²) in [5.41, 5.74) is 1.96. The lowest BCUT2D eigenvalue weighted by Crippen LogP contribution is -2.12. The Kier molecular flexibility index (Phi) is 5.03. The van der Waals surface area contributed by atoms with E-state index in [0.717, 1.165) is 22.0 Å². The van der Waals surface area contributed by atoms with E-state index in [4.69, 9.17) is 0 Å². The minimum Gasteiger partial charge on any atom is -0.321 e. The molecule has 0 aliphatic heterocycles. The first-order chi connectivity index (χ1) is 13.6. The third-order valence-electron chi connectivity index (χ3n) is 4.09. The smallest absolute Gasteiger partial charge is 0.255 e. The molecule has 28 heavy (non-hydrogen) atoms. The van der Waals surface area contributed by atoms with Crippen LogP contribution >= 0.6 is 11.8 Å². The molecule has 1 amide bonds.